The first-order valence-electron chi connectivity index (χ1n) is 13.4. The van der Waals surface area contributed by atoms with E-state index in [0.29, 0.717) is 30.6 Å². The summed E-state index contributed by atoms with van der Waals surface area (Å²) in [5.74, 6) is 0.0198. The summed E-state index contributed by atoms with van der Waals surface area (Å²) < 4.78 is 11.9. The zero-order chi connectivity index (χ0) is 28.1. The van der Waals surface area contributed by atoms with Crippen LogP contribution in [0.15, 0.2) is 39.8 Å². The van der Waals surface area contributed by atoms with E-state index in [1.54, 1.807) is 30.6 Å². The van der Waals surface area contributed by atoms with E-state index in [9.17, 15) is 20.1 Å². The molecule has 1 aliphatic heterocycles. The topological polar surface area (TPSA) is 133 Å². The highest BCUT2D eigenvalue weighted by molar-refractivity contribution is 5.59. The largest absolute Gasteiger partial charge is 0.484 e. The second-order valence-electron chi connectivity index (χ2n) is 9.96. The molecule has 4 N–H and O–H groups in total. The highest BCUT2D eigenvalue weighted by Crippen LogP contribution is 2.64. The molecule has 2 aromatic rings. The second kappa shape index (κ2) is 12.5. The Morgan fingerprint density at radius 1 is 1.08 bits per heavy atom. The molecule has 2 saturated carbocycles. The molecule has 8 heteroatoms. The summed E-state index contributed by atoms with van der Waals surface area (Å²) in [4.78, 5) is 17.0. The van der Waals surface area contributed by atoms with Gasteiger partial charge in [0.05, 0.1) is 18.3 Å². The number of aliphatic hydroxyl groups excluding tert-OH is 4. The van der Waals surface area contributed by atoms with Gasteiger partial charge in [0.1, 0.15) is 22.7 Å². The SMILES string of the molecule is CC.CC.CO.C[C@H]1C(O)CCC2(C)C1CC(O)C1(C)Oc3cc(-c4cccnc4)oc(=O)c3C(O)C21. The fourth-order valence-corrected chi connectivity index (χ4v) is 6.68. The van der Waals surface area contributed by atoms with Crippen molar-refractivity contribution in [3.8, 4) is 17.1 Å². The van der Waals surface area contributed by atoms with Gasteiger partial charge in [-0.1, -0.05) is 41.5 Å². The fraction of sp³-hybridized carbons (Fsp3) is 0.655. The Morgan fingerprint density at radius 3 is 2.32 bits per heavy atom. The van der Waals surface area contributed by atoms with E-state index in [2.05, 4.69) is 11.9 Å². The molecular weight excluding hydrogens is 474 g/mol. The van der Waals surface area contributed by atoms with Crippen molar-refractivity contribution in [2.24, 2.45) is 23.2 Å². The van der Waals surface area contributed by atoms with Crippen LogP contribution in [0, 0.1) is 23.2 Å². The van der Waals surface area contributed by atoms with E-state index in [-0.39, 0.29) is 23.1 Å². The van der Waals surface area contributed by atoms with E-state index in [1.807, 2.05) is 41.5 Å². The van der Waals surface area contributed by atoms with Crippen molar-refractivity contribution in [1.29, 1.82) is 0 Å². The Bertz CT molecular complexity index is 1060. The van der Waals surface area contributed by atoms with Crippen LogP contribution in [0.1, 0.15) is 79.4 Å². The minimum atomic E-state index is -1.14. The maximum Gasteiger partial charge on any atom is 0.345 e. The third-order valence-electron chi connectivity index (χ3n) is 8.37. The predicted molar refractivity (Wildman–Crippen MR) is 143 cm³/mol. The number of nitrogens with zero attached hydrogens (tertiary/aromatic N) is 1. The molecule has 0 amide bonds. The van der Waals surface area contributed by atoms with Gasteiger partial charge in [-0.05, 0) is 55.6 Å². The molecule has 0 radical (unpaired) electrons. The average molecular weight is 520 g/mol. The van der Waals surface area contributed by atoms with Crippen molar-refractivity contribution in [2.45, 2.75) is 91.6 Å². The first kappa shape index (κ1) is 31.0. The summed E-state index contributed by atoms with van der Waals surface area (Å²) in [6.07, 6.45) is 2.57. The molecule has 0 saturated heterocycles. The zero-order valence-electron chi connectivity index (χ0n) is 23.4. The monoisotopic (exact) mass is 519 g/mol. The summed E-state index contributed by atoms with van der Waals surface area (Å²) in [6.45, 7) is 13.9. The molecular formula is C29H45NO7. The van der Waals surface area contributed by atoms with Crippen LogP contribution in [0.3, 0.4) is 0 Å². The van der Waals surface area contributed by atoms with Crippen LogP contribution >= 0.6 is 0 Å². The third kappa shape index (κ3) is 5.21. The standard InChI is InChI=1S/C24H29NO6.2C2H6.CH4O/c1-12-14-9-18(27)24(3)21(23(14,2)7-6-15(12)26)20(28)19-17(31-24)10-16(30-22(19)29)13-5-4-8-25-11-13;3*1-2/h4-5,8,10-12,14-15,18,20-21,26-28H,6-7,9H2,1-3H3;2*1-2H3;2H,1H3/t12-,14?,15?,18?,20?,21?,23?,24?;;;/m1.../s1. The van der Waals surface area contributed by atoms with Crippen molar-refractivity contribution in [3.05, 3.63) is 46.6 Å². The second-order valence-corrected chi connectivity index (χ2v) is 9.96. The smallest absolute Gasteiger partial charge is 0.345 e. The molecule has 3 aliphatic rings. The van der Waals surface area contributed by atoms with Crippen molar-refractivity contribution in [2.75, 3.05) is 7.11 Å². The van der Waals surface area contributed by atoms with Crippen molar-refractivity contribution >= 4 is 0 Å². The van der Waals surface area contributed by atoms with E-state index in [1.165, 1.54) is 0 Å². The number of pyridine rings is 1. The minimum Gasteiger partial charge on any atom is -0.484 e. The number of ether oxygens (including phenoxy) is 1. The molecule has 2 fully saturated rings. The van der Waals surface area contributed by atoms with Crippen LogP contribution < -0.4 is 10.4 Å². The van der Waals surface area contributed by atoms with Crippen LogP contribution in [0.5, 0.6) is 5.75 Å². The first-order chi connectivity index (χ1) is 17.7. The lowest BCUT2D eigenvalue weighted by atomic mass is 9.46. The molecule has 0 bridgehead atoms. The maximum atomic E-state index is 13.0. The Morgan fingerprint density at radius 2 is 1.73 bits per heavy atom. The molecule has 2 aliphatic carbocycles. The Hall–Kier alpha value is -2.26. The number of fused-ring (bicyclic) bond motifs is 4. The fourth-order valence-electron chi connectivity index (χ4n) is 6.68. The Kier molecular flexibility index (Phi) is 10.5. The molecule has 37 heavy (non-hydrogen) atoms. The molecule has 5 rings (SSSR count). The molecule has 2 aromatic heterocycles. The highest BCUT2D eigenvalue weighted by atomic mass is 16.5. The Balaban J connectivity index is 0.000000750. The lowest BCUT2D eigenvalue weighted by Gasteiger charge is -2.63. The number of aromatic nitrogens is 1. The van der Waals surface area contributed by atoms with Gasteiger partial charge in [-0.2, -0.15) is 0 Å². The third-order valence-corrected chi connectivity index (χ3v) is 8.37. The summed E-state index contributed by atoms with van der Waals surface area (Å²) in [5, 5.41) is 40.1. The van der Waals surface area contributed by atoms with Gasteiger partial charge in [-0.3, -0.25) is 4.98 Å². The molecule has 0 aromatic carbocycles. The molecule has 7 unspecified atom stereocenters. The number of aliphatic hydroxyl groups is 4. The molecule has 8 atom stereocenters. The molecule has 208 valence electrons. The van der Waals surface area contributed by atoms with Gasteiger partial charge in [0.2, 0.25) is 0 Å². The van der Waals surface area contributed by atoms with Crippen molar-refractivity contribution < 1.29 is 29.6 Å². The minimum absolute atomic E-state index is 0.00540. The van der Waals surface area contributed by atoms with Gasteiger partial charge >= 0.3 is 5.63 Å². The van der Waals surface area contributed by atoms with Gasteiger partial charge in [-0.15, -0.1) is 0 Å². The summed E-state index contributed by atoms with van der Waals surface area (Å²) in [6, 6.07) is 5.12. The summed E-state index contributed by atoms with van der Waals surface area (Å²) in [5.41, 5.74) is -1.39. The normalized spacial score (nSPS) is 35.2. The van der Waals surface area contributed by atoms with Gasteiger partial charge < -0.3 is 29.6 Å². The van der Waals surface area contributed by atoms with Crippen LogP contribution in [0.25, 0.3) is 11.3 Å². The van der Waals surface area contributed by atoms with Gasteiger partial charge in [0.15, 0.2) is 0 Å². The van der Waals surface area contributed by atoms with Crippen molar-refractivity contribution in [3.63, 3.8) is 0 Å². The van der Waals surface area contributed by atoms with E-state index < -0.39 is 40.9 Å². The number of hydrogen-bond acceptors (Lipinski definition) is 8. The van der Waals surface area contributed by atoms with Crippen LogP contribution in [0.4, 0.5) is 0 Å². The van der Waals surface area contributed by atoms with Gasteiger partial charge in [0.25, 0.3) is 0 Å². The lowest BCUT2D eigenvalue weighted by Crippen LogP contribution is -2.68. The highest BCUT2D eigenvalue weighted by Gasteiger charge is 2.66. The Labute approximate surface area is 220 Å². The molecule has 3 heterocycles. The average Bonchev–Trinajstić information content (AvgIpc) is 2.91. The van der Waals surface area contributed by atoms with Gasteiger partial charge in [0, 0.05) is 37.1 Å². The summed E-state index contributed by atoms with van der Waals surface area (Å²) in [7, 11) is 1.00. The number of rotatable bonds is 1. The van der Waals surface area contributed by atoms with Crippen molar-refractivity contribution in [1.82, 2.24) is 4.98 Å². The summed E-state index contributed by atoms with van der Waals surface area (Å²) >= 11 is 0. The maximum absolute atomic E-state index is 13.0. The van der Waals surface area contributed by atoms with E-state index in [4.69, 9.17) is 14.3 Å². The van der Waals surface area contributed by atoms with Crippen LogP contribution in [-0.4, -0.2) is 50.3 Å². The molecule has 8 nitrogen and oxygen atoms in total. The zero-order valence-corrected chi connectivity index (χ0v) is 23.4. The van der Waals surface area contributed by atoms with Crippen LogP contribution in [0.2, 0.25) is 0 Å². The first-order valence-corrected chi connectivity index (χ1v) is 13.4. The quantitative estimate of drug-likeness (QED) is 0.437. The van der Waals surface area contributed by atoms with Crippen LogP contribution in [-0.2, 0) is 0 Å². The van der Waals surface area contributed by atoms with E-state index >= 15 is 0 Å². The number of hydrogen-bond donors (Lipinski definition) is 4. The van der Waals surface area contributed by atoms with E-state index in [0.717, 1.165) is 7.11 Å². The van der Waals surface area contributed by atoms with Gasteiger partial charge in [-0.25, -0.2) is 4.79 Å². The lowest BCUT2D eigenvalue weighted by molar-refractivity contribution is -0.242. The molecule has 0 spiro atoms. The predicted octanol–water partition coefficient (Wildman–Crippen LogP) is 4.34.